The molecule has 2 rings (SSSR count). The summed E-state index contributed by atoms with van der Waals surface area (Å²) in [5.41, 5.74) is 12.8. The molecule has 2 aromatic rings. The molecule has 0 fully saturated rings. The lowest BCUT2D eigenvalue weighted by atomic mass is 10.0. The van der Waals surface area contributed by atoms with Gasteiger partial charge in [-0.3, -0.25) is 19.2 Å². The molecule has 220 valence electrons. The van der Waals surface area contributed by atoms with Crippen LogP contribution < -0.4 is 27.4 Å². The van der Waals surface area contributed by atoms with Crippen LogP contribution in [0.1, 0.15) is 37.7 Å². The molecule has 0 aliphatic carbocycles. The first-order chi connectivity index (χ1) is 19.1. The number of nitrogens with two attached hydrogens (primary N) is 2. The molecule has 4 atom stereocenters. The molecule has 0 aliphatic rings. The predicted molar refractivity (Wildman–Crippen MR) is 152 cm³/mol. The number of fused-ring (bicyclic) bond motifs is 1. The van der Waals surface area contributed by atoms with Crippen LogP contribution in [0.25, 0.3) is 10.9 Å². The summed E-state index contributed by atoms with van der Waals surface area (Å²) in [5, 5.41) is 27.1. The van der Waals surface area contributed by atoms with Gasteiger partial charge in [0.1, 0.15) is 18.1 Å². The minimum atomic E-state index is -1.52. The van der Waals surface area contributed by atoms with Gasteiger partial charge in [-0.1, -0.05) is 24.6 Å². The van der Waals surface area contributed by atoms with E-state index in [1.807, 2.05) is 30.5 Å². The molecule has 0 saturated carbocycles. The molecule has 1 aromatic carbocycles. The highest BCUT2D eigenvalue weighted by Crippen LogP contribution is 2.19. The topological polar surface area (TPSA) is 230 Å². The summed E-state index contributed by atoms with van der Waals surface area (Å²) in [7, 11) is 0. The van der Waals surface area contributed by atoms with Gasteiger partial charge in [-0.2, -0.15) is 11.8 Å². The second-order valence-electron chi connectivity index (χ2n) is 9.36. The van der Waals surface area contributed by atoms with Crippen molar-refractivity contribution in [2.75, 3.05) is 18.6 Å². The molecule has 0 spiro atoms. The third-order valence-electron chi connectivity index (χ3n) is 6.27. The Balaban J connectivity index is 2.28. The molecule has 40 heavy (non-hydrogen) atoms. The van der Waals surface area contributed by atoms with Crippen molar-refractivity contribution in [1.82, 2.24) is 20.9 Å². The molecular weight excluding hydrogens is 540 g/mol. The van der Waals surface area contributed by atoms with E-state index in [1.165, 1.54) is 11.8 Å². The molecule has 0 aliphatic heterocycles. The van der Waals surface area contributed by atoms with Crippen LogP contribution in [-0.2, 0) is 30.4 Å². The fraction of sp³-hybridized carbons (Fsp3) is 0.500. The molecule has 4 unspecified atom stereocenters. The summed E-state index contributed by atoms with van der Waals surface area (Å²) in [5.74, 6) is -4.47. The van der Waals surface area contributed by atoms with Gasteiger partial charge in [0.15, 0.2) is 0 Å². The van der Waals surface area contributed by atoms with Gasteiger partial charge in [0, 0.05) is 23.5 Å². The fourth-order valence-electron chi connectivity index (χ4n) is 4.07. The predicted octanol–water partition coefficient (Wildman–Crippen LogP) is -0.0665. The van der Waals surface area contributed by atoms with Crippen LogP contribution in [0, 0.1) is 0 Å². The number of hydrogen-bond acceptors (Lipinski definition) is 8. The zero-order valence-corrected chi connectivity index (χ0v) is 23.2. The van der Waals surface area contributed by atoms with E-state index in [0.717, 1.165) is 10.9 Å². The van der Waals surface area contributed by atoms with E-state index in [-0.39, 0.29) is 12.8 Å². The molecule has 14 heteroatoms. The standard InChI is InChI=1S/C26H38N6O7S/c1-40-11-9-19(26(38)39)30-24(36)20(12-15-14-29-18-8-3-2-6-16(15)18)32-25(37)21(13-22(33)34)31-23(35)17(28)7-4-5-10-27/h2-3,6,8,14,17,19-21,29H,4-5,7,9-13,27-28H2,1H3,(H,30,36)(H,31,35)(H,32,37)(H,33,34)(H,38,39). The summed E-state index contributed by atoms with van der Waals surface area (Å²) >= 11 is 1.42. The minimum absolute atomic E-state index is 0.0250. The van der Waals surface area contributed by atoms with E-state index in [4.69, 9.17) is 11.5 Å². The smallest absolute Gasteiger partial charge is 0.326 e. The average molecular weight is 579 g/mol. The molecule has 0 radical (unpaired) electrons. The van der Waals surface area contributed by atoms with Gasteiger partial charge in [-0.05, 0) is 49.4 Å². The Bertz CT molecular complexity index is 1170. The lowest BCUT2D eigenvalue weighted by molar-refractivity contribution is -0.143. The van der Waals surface area contributed by atoms with Crippen molar-refractivity contribution in [3.8, 4) is 0 Å². The average Bonchev–Trinajstić information content (AvgIpc) is 3.32. The number of benzene rings is 1. The van der Waals surface area contributed by atoms with Crippen molar-refractivity contribution in [3.05, 3.63) is 36.0 Å². The number of rotatable bonds is 18. The first-order valence-electron chi connectivity index (χ1n) is 12.9. The summed E-state index contributed by atoms with van der Waals surface area (Å²) in [6.45, 7) is 0.429. The number of carbonyl (C=O) groups is 5. The number of thioether (sulfide) groups is 1. The molecule has 3 amide bonds. The third kappa shape index (κ3) is 10.2. The number of unbranched alkanes of at least 4 members (excludes halogenated alkanes) is 1. The third-order valence-corrected chi connectivity index (χ3v) is 6.92. The van der Waals surface area contributed by atoms with E-state index in [9.17, 15) is 34.2 Å². The van der Waals surface area contributed by atoms with E-state index in [1.54, 1.807) is 6.20 Å². The van der Waals surface area contributed by atoms with E-state index in [2.05, 4.69) is 20.9 Å². The number of H-pyrrole nitrogens is 1. The van der Waals surface area contributed by atoms with Crippen molar-refractivity contribution in [1.29, 1.82) is 0 Å². The van der Waals surface area contributed by atoms with Crippen LogP contribution in [0.3, 0.4) is 0 Å². The van der Waals surface area contributed by atoms with Crippen LogP contribution in [0.4, 0.5) is 0 Å². The highest BCUT2D eigenvalue weighted by atomic mass is 32.2. The van der Waals surface area contributed by atoms with Crippen LogP contribution in [0.5, 0.6) is 0 Å². The van der Waals surface area contributed by atoms with E-state index >= 15 is 0 Å². The van der Waals surface area contributed by atoms with E-state index in [0.29, 0.717) is 37.1 Å². The molecule has 1 heterocycles. The number of aromatic nitrogens is 1. The second kappa shape index (κ2) is 16.5. The van der Waals surface area contributed by atoms with Gasteiger partial charge in [-0.25, -0.2) is 4.79 Å². The number of para-hydroxylation sites is 1. The molecule has 13 nitrogen and oxygen atoms in total. The van der Waals surface area contributed by atoms with Gasteiger partial charge < -0.3 is 42.6 Å². The van der Waals surface area contributed by atoms with Gasteiger partial charge in [0.2, 0.25) is 17.7 Å². The van der Waals surface area contributed by atoms with Crippen molar-refractivity contribution in [3.63, 3.8) is 0 Å². The maximum atomic E-state index is 13.3. The van der Waals surface area contributed by atoms with Crippen LogP contribution in [0.2, 0.25) is 0 Å². The largest absolute Gasteiger partial charge is 0.481 e. The maximum absolute atomic E-state index is 13.3. The van der Waals surface area contributed by atoms with Crippen LogP contribution >= 0.6 is 11.8 Å². The van der Waals surface area contributed by atoms with Gasteiger partial charge >= 0.3 is 11.9 Å². The number of carboxylic acids is 2. The second-order valence-corrected chi connectivity index (χ2v) is 10.3. The first kappa shape index (κ1) is 32.6. The summed E-state index contributed by atoms with van der Waals surface area (Å²) in [4.78, 5) is 65.4. The van der Waals surface area contributed by atoms with Crippen molar-refractivity contribution in [2.24, 2.45) is 11.5 Å². The Labute approximate surface area is 236 Å². The highest BCUT2D eigenvalue weighted by Gasteiger charge is 2.32. The first-order valence-corrected chi connectivity index (χ1v) is 14.3. The fourth-order valence-corrected chi connectivity index (χ4v) is 4.54. The van der Waals surface area contributed by atoms with Crippen molar-refractivity contribution in [2.45, 2.75) is 62.7 Å². The number of aromatic amines is 1. The van der Waals surface area contributed by atoms with Crippen molar-refractivity contribution >= 4 is 52.3 Å². The number of carboxylic acid groups (broad SMARTS) is 2. The Morgan fingerprint density at radius 2 is 1.57 bits per heavy atom. The summed E-state index contributed by atoms with van der Waals surface area (Å²) in [6, 6.07) is 2.35. The molecule has 1 aromatic heterocycles. The Hall–Kier alpha value is -3.62. The highest BCUT2D eigenvalue weighted by molar-refractivity contribution is 7.98. The monoisotopic (exact) mass is 578 g/mol. The molecular formula is C26H38N6O7S. The normalized spacial score (nSPS) is 14.1. The Morgan fingerprint density at radius 1 is 0.925 bits per heavy atom. The minimum Gasteiger partial charge on any atom is -0.481 e. The number of amides is 3. The quantitative estimate of drug-likeness (QED) is 0.110. The number of aliphatic carboxylic acids is 2. The van der Waals surface area contributed by atoms with Crippen LogP contribution in [-0.4, -0.2) is 87.6 Å². The zero-order chi connectivity index (χ0) is 29.7. The molecule has 0 bridgehead atoms. The zero-order valence-electron chi connectivity index (χ0n) is 22.4. The molecule has 0 saturated heterocycles. The Morgan fingerprint density at radius 3 is 2.23 bits per heavy atom. The number of hydrogen-bond donors (Lipinski definition) is 8. The molecule has 10 N–H and O–H groups in total. The van der Waals surface area contributed by atoms with Gasteiger partial charge in [0.25, 0.3) is 0 Å². The van der Waals surface area contributed by atoms with Crippen LogP contribution in [0.15, 0.2) is 30.5 Å². The van der Waals surface area contributed by atoms with E-state index < -0.39 is 60.2 Å². The summed E-state index contributed by atoms with van der Waals surface area (Å²) in [6.07, 6.45) is 4.40. The SMILES string of the molecule is CSCCC(NC(=O)C(Cc1c[nH]c2ccccc12)NC(=O)C(CC(=O)O)NC(=O)C(N)CCCCN)C(=O)O. The summed E-state index contributed by atoms with van der Waals surface area (Å²) < 4.78 is 0. The lowest BCUT2D eigenvalue weighted by Crippen LogP contribution is -2.58. The lowest BCUT2D eigenvalue weighted by Gasteiger charge is -2.24. The van der Waals surface area contributed by atoms with Gasteiger partial charge in [-0.15, -0.1) is 0 Å². The Kier molecular flexibility index (Phi) is 13.4. The van der Waals surface area contributed by atoms with Crippen molar-refractivity contribution < 1.29 is 34.2 Å². The number of nitrogens with one attached hydrogen (secondary N) is 4. The number of carbonyl (C=O) groups excluding carboxylic acids is 3. The van der Waals surface area contributed by atoms with Gasteiger partial charge in [0.05, 0.1) is 12.5 Å². The maximum Gasteiger partial charge on any atom is 0.326 e.